The number of quaternary nitrogens is 1. The minimum atomic E-state index is -4.63. The summed E-state index contributed by atoms with van der Waals surface area (Å²) in [6.07, 6.45) is 75.7. The molecule has 0 aliphatic heterocycles. The average Bonchev–Trinajstić information content (AvgIpc) is 3.32. The highest BCUT2D eigenvalue weighted by Gasteiger charge is 2.23. The lowest BCUT2D eigenvalue weighted by molar-refractivity contribution is -0.870. The van der Waals surface area contributed by atoms with Gasteiger partial charge in [0.25, 0.3) is 7.82 Å². The molecule has 0 saturated heterocycles. The monoisotopic (exact) mass is 993 g/mol. The first kappa shape index (κ1) is 66.9. The van der Waals surface area contributed by atoms with Gasteiger partial charge in [-0.1, -0.05) is 225 Å². The zero-order valence-electron chi connectivity index (χ0n) is 45.4. The number of carbonyl (C=O) groups is 1. The molecule has 3 unspecified atom stereocenters. The maximum Gasteiger partial charge on any atom is 0.268 e. The van der Waals surface area contributed by atoms with Crippen LogP contribution in [0.3, 0.4) is 0 Å². The smallest absolute Gasteiger partial charge is 0.268 e. The first-order valence-corrected chi connectivity index (χ1v) is 29.4. The van der Waals surface area contributed by atoms with E-state index in [9.17, 15) is 19.4 Å². The Morgan fingerprint density at radius 1 is 0.514 bits per heavy atom. The van der Waals surface area contributed by atoms with Crippen molar-refractivity contribution < 1.29 is 32.9 Å². The zero-order valence-corrected chi connectivity index (χ0v) is 46.3. The topological polar surface area (TPSA) is 108 Å². The van der Waals surface area contributed by atoms with Crippen molar-refractivity contribution >= 4 is 13.7 Å². The maximum absolute atomic E-state index is 12.9. The van der Waals surface area contributed by atoms with Crippen LogP contribution >= 0.6 is 7.82 Å². The van der Waals surface area contributed by atoms with Crippen molar-refractivity contribution in [3.8, 4) is 0 Å². The van der Waals surface area contributed by atoms with Crippen LogP contribution in [0.2, 0.25) is 0 Å². The van der Waals surface area contributed by atoms with Gasteiger partial charge in [-0.3, -0.25) is 9.36 Å². The summed E-state index contributed by atoms with van der Waals surface area (Å²) in [5.41, 5.74) is 0. The van der Waals surface area contributed by atoms with E-state index in [-0.39, 0.29) is 18.9 Å². The fraction of sp³-hybridized carbons (Fsp3) is 0.656. The Labute approximate surface area is 431 Å². The number of rotatable bonds is 49. The molecule has 0 radical (unpaired) electrons. The molecule has 0 spiro atoms. The van der Waals surface area contributed by atoms with Crippen LogP contribution in [0, 0.1) is 0 Å². The Hall–Kier alpha value is -3.10. The minimum Gasteiger partial charge on any atom is -0.756 e. The molecule has 0 fully saturated rings. The zero-order chi connectivity index (χ0) is 51.3. The summed E-state index contributed by atoms with van der Waals surface area (Å²) in [6.45, 7) is 4.45. The number of phosphoric ester groups is 1. The largest absolute Gasteiger partial charge is 0.756 e. The van der Waals surface area contributed by atoms with Gasteiger partial charge in [-0.15, -0.1) is 0 Å². The number of aliphatic hydroxyl groups excluding tert-OH is 1. The van der Waals surface area contributed by atoms with Crippen molar-refractivity contribution in [2.45, 2.75) is 219 Å². The molecule has 0 aliphatic carbocycles. The Bertz CT molecular complexity index is 1550. The molecule has 0 aromatic carbocycles. The fourth-order valence-electron chi connectivity index (χ4n) is 7.29. The third-order valence-electron chi connectivity index (χ3n) is 11.6. The number of hydrogen-bond acceptors (Lipinski definition) is 6. The van der Waals surface area contributed by atoms with Crippen LogP contribution in [0.5, 0.6) is 0 Å². The molecule has 2 N–H and O–H groups in total. The van der Waals surface area contributed by atoms with Gasteiger partial charge in [0.05, 0.1) is 39.9 Å². The van der Waals surface area contributed by atoms with Crippen molar-refractivity contribution in [2.24, 2.45) is 0 Å². The van der Waals surface area contributed by atoms with Crippen LogP contribution in [0.4, 0.5) is 0 Å². The molecule has 3 atom stereocenters. The predicted octanol–water partition coefficient (Wildman–Crippen LogP) is 16.3. The van der Waals surface area contributed by atoms with Crippen molar-refractivity contribution in [1.82, 2.24) is 5.32 Å². The number of likely N-dealkylation sites (N-methyl/N-ethyl adjacent to an activating group) is 1. The van der Waals surface area contributed by atoms with E-state index in [0.29, 0.717) is 23.9 Å². The number of aliphatic hydroxyl groups is 1. The van der Waals surface area contributed by atoms with Gasteiger partial charge in [-0.05, 0) is 96.3 Å². The molecule has 0 bridgehead atoms. The summed E-state index contributed by atoms with van der Waals surface area (Å²) in [6, 6.07) is -0.951. The molecular weight excluding hydrogens is 888 g/mol. The van der Waals surface area contributed by atoms with Gasteiger partial charge in [0.1, 0.15) is 13.2 Å². The molecule has 8 nitrogen and oxygen atoms in total. The number of unbranched alkanes of at least 4 members (excludes halogenated alkanes) is 18. The highest BCUT2D eigenvalue weighted by atomic mass is 31.2. The number of carbonyl (C=O) groups excluding carboxylic acids is 1. The Morgan fingerprint density at radius 3 is 1.33 bits per heavy atom. The number of amides is 1. The van der Waals surface area contributed by atoms with Gasteiger partial charge in [0.15, 0.2) is 0 Å². The molecule has 0 aromatic heterocycles. The SMILES string of the molecule is CC/C=C\C/C=C\C/C=C\C/C=C\C/C=C\C/C=C\C/C=C\CCCC(=O)NC(COP(=O)([O-])OCC[N+](C)(C)C)C(O)/C=C/CC/C=C/CC/C=C/CCCCCCCCCCCCCCCCC. The van der Waals surface area contributed by atoms with Crippen molar-refractivity contribution in [2.75, 3.05) is 40.9 Å². The van der Waals surface area contributed by atoms with Gasteiger partial charge in [-0.25, -0.2) is 0 Å². The number of hydrogen-bond donors (Lipinski definition) is 2. The van der Waals surface area contributed by atoms with Gasteiger partial charge in [0, 0.05) is 6.42 Å². The Morgan fingerprint density at radius 2 is 0.886 bits per heavy atom. The summed E-state index contributed by atoms with van der Waals surface area (Å²) in [7, 11) is 1.18. The third kappa shape index (κ3) is 52.7. The van der Waals surface area contributed by atoms with Crippen LogP contribution in [0.25, 0.3) is 0 Å². The average molecular weight is 993 g/mol. The second-order valence-corrected chi connectivity index (χ2v) is 20.9. The van der Waals surface area contributed by atoms with Gasteiger partial charge in [0.2, 0.25) is 5.91 Å². The van der Waals surface area contributed by atoms with Crippen molar-refractivity contribution in [3.05, 3.63) is 122 Å². The summed E-state index contributed by atoms with van der Waals surface area (Å²) in [5.74, 6) is -0.273. The molecule has 0 aliphatic rings. The lowest BCUT2D eigenvalue weighted by Crippen LogP contribution is -2.45. The highest BCUT2D eigenvalue weighted by molar-refractivity contribution is 7.45. The van der Waals surface area contributed by atoms with Gasteiger partial charge in [-0.2, -0.15) is 0 Å². The van der Waals surface area contributed by atoms with E-state index in [2.05, 4.69) is 129 Å². The second-order valence-electron chi connectivity index (χ2n) is 19.5. The Balaban J connectivity index is 4.46. The molecule has 0 aromatic rings. The summed E-state index contributed by atoms with van der Waals surface area (Å²) < 4.78 is 23.3. The van der Waals surface area contributed by atoms with Crippen LogP contribution in [0.15, 0.2) is 122 Å². The molecule has 0 saturated carbocycles. The molecular formula is C61H105N2O6P. The predicted molar refractivity (Wildman–Crippen MR) is 302 cm³/mol. The highest BCUT2D eigenvalue weighted by Crippen LogP contribution is 2.38. The van der Waals surface area contributed by atoms with Crippen LogP contribution in [-0.4, -0.2) is 68.5 Å². The van der Waals surface area contributed by atoms with E-state index in [1.54, 1.807) is 6.08 Å². The van der Waals surface area contributed by atoms with E-state index >= 15 is 0 Å². The summed E-state index contributed by atoms with van der Waals surface area (Å²) in [4.78, 5) is 25.4. The standard InChI is InChI=1S/C61H105N2O6P/c1-6-8-10-12-14-16-18-20-22-24-26-28-30-31-33-34-36-38-40-42-44-46-48-50-52-54-60(64)59(58-69-70(66,67)68-57-56-63(3,4)5)62-61(65)55-53-51-49-47-45-43-41-39-37-35-32-29-27-25-23-21-19-17-15-13-11-9-7-2/h9,11,15,17,21,23,27,29,35-38,41,43-44,46-47,49,52,54,59-60,64H,6-8,10,12-14,16,18-20,22,24-26,28,30-34,39-40,42,45,48,50-51,53,55-58H2,1-5H3,(H-,62,65,66,67)/b11-9-,17-15-,23-21-,29-27-,37-35-,38-36+,43-41-,46-44+,49-47-,54-52+. The lowest BCUT2D eigenvalue weighted by Gasteiger charge is -2.29. The molecule has 0 heterocycles. The number of nitrogens with one attached hydrogen (secondary N) is 1. The minimum absolute atomic E-state index is 0.0270. The van der Waals surface area contributed by atoms with E-state index < -0.39 is 26.6 Å². The number of allylic oxidation sites excluding steroid dienone is 19. The van der Waals surface area contributed by atoms with Crippen molar-refractivity contribution in [1.29, 1.82) is 0 Å². The number of nitrogens with zero attached hydrogens (tertiary/aromatic N) is 1. The summed E-state index contributed by atoms with van der Waals surface area (Å²) >= 11 is 0. The second kappa shape index (κ2) is 50.8. The van der Waals surface area contributed by atoms with E-state index in [1.165, 1.54) is 103 Å². The first-order chi connectivity index (χ1) is 34.0. The molecule has 400 valence electrons. The Kier molecular flexibility index (Phi) is 48.6. The molecule has 1 amide bonds. The van der Waals surface area contributed by atoms with E-state index in [1.807, 2.05) is 27.2 Å². The van der Waals surface area contributed by atoms with Gasteiger partial charge < -0.3 is 28.8 Å². The van der Waals surface area contributed by atoms with E-state index in [4.69, 9.17) is 9.05 Å². The molecule has 9 heteroatoms. The maximum atomic E-state index is 12.9. The number of phosphoric acid groups is 1. The van der Waals surface area contributed by atoms with Crippen molar-refractivity contribution in [3.63, 3.8) is 0 Å². The lowest BCUT2D eigenvalue weighted by atomic mass is 10.0. The van der Waals surface area contributed by atoms with Crippen LogP contribution in [-0.2, 0) is 18.4 Å². The summed E-state index contributed by atoms with van der Waals surface area (Å²) in [5, 5.41) is 13.8. The van der Waals surface area contributed by atoms with E-state index in [0.717, 1.165) is 70.6 Å². The van der Waals surface area contributed by atoms with Gasteiger partial charge >= 0.3 is 0 Å². The first-order valence-electron chi connectivity index (χ1n) is 27.9. The molecule has 70 heavy (non-hydrogen) atoms. The quantitative estimate of drug-likeness (QED) is 0.0272. The van der Waals surface area contributed by atoms with Crippen LogP contribution < -0.4 is 10.2 Å². The normalized spacial score (nSPS) is 14.9. The molecule has 0 rings (SSSR count). The third-order valence-corrected chi connectivity index (χ3v) is 12.6. The van der Waals surface area contributed by atoms with Crippen LogP contribution in [0.1, 0.15) is 206 Å². The fourth-order valence-corrected chi connectivity index (χ4v) is 8.01.